The summed E-state index contributed by atoms with van der Waals surface area (Å²) in [5.74, 6) is 2.28. The molecular weight excluding hydrogens is 322 g/mol. The highest BCUT2D eigenvalue weighted by molar-refractivity contribution is 5.78. The molecule has 0 saturated carbocycles. The van der Waals surface area contributed by atoms with Crippen LogP contribution in [0.1, 0.15) is 11.1 Å². The fraction of sp³-hybridized carbons (Fsp3) is 0.316. The van der Waals surface area contributed by atoms with Crippen LogP contribution in [0.3, 0.4) is 0 Å². The van der Waals surface area contributed by atoms with Gasteiger partial charge < -0.3 is 24.3 Å². The fourth-order valence-corrected chi connectivity index (χ4v) is 2.47. The van der Waals surface area contributed by atoms with Gasteiger partial charge in [-0.15, -0.1) is 0 Å². The molecule has 2 rings (SSSR count). The maximum absolute atomic E-state index is 12.2. The summed E-state index contributed by atoms with van der Waals surface area (Å²) in [6.07, 6.45) is 0.279. The second-order valence-electron chi connectivity index (χ2n) is 5.34. The van der Waals surface area contributed by atoms with Crippen molar-refractivity contribution < 1.29 is 23.7 Å². The Labute approximate surface area is 147 Å². The molecule has 0 radical (unpaired) electrons. The minimum absolute atomic E-state index is 0.0815. The number of rotatable bonds is 8. The molecule has 25 heavy (non-hydrogen) atoms. The van der Waals surface area contributed by atoms with Crippen molar-refractivity contribution in [1.29, 1.82) is 0 Å². The Hall–Kier alpha value is -2.89. The average Bonchev–Trinajstić information content (AvgIpc) is 2.65. The largest absolute Gasteiger partial charge is 0.497 e. The second-order valence-corrected chi connectivity index (χ2v) is 5.34. The lowest BCUT2D eigenvalue weighted by Gasteiger charge is -2.14. The van der Waals surface area contributed by atoms with E-state index in [0.717, 1.165) is 16.9 Å². The number of methoxy groups -OCH3 is 4. The van der Waals surface area contributed by atoms with Gasteiger partial charge in [0.2, 0.25) is 11.7 Å². The monoisotopic (exact) mass is 345 g/mol. The number of carbonyl (C=O) groups is 1. The zero-order chi connectivity index (χ0) is 18.2. The Morgan fingerprint density at radius 1 is 0.880 bits per heavy atom. The molecule has 2 aromatic rings. The molecule has 0 aliphatic heterocycles. The normalized spacial score (nSPS) is 10.1. The Balaban J connectivity index is 2.03. The van der Waals surface area contributed by atoms with E-state index in [9.17, 15) is 4.79 Å². The number of amides is 1. The first-order valence-corrected chi connectivity index (χ1v) is 7.79. The minimum Gasteiger partial charge on any atom is -0.497 e. The van der Waals surface area contributed by atoms with Crippen molar-refractivity contribution in [2.45, 2.75) is 13.0 Å². The molecule has 6 heteroatoms. The van der Waals surface area contributed by atoms with Crippen LogP contribution in [0.4, 0.5) is 0 Å². The van der Waals surface area contributed by atoms with Gasteiger partial charge in [-0.2, -0.15) is 0 Å². The van der Waals surface area contributed by atoms with Crippen LogP contribution in [0, 0.1) is 0 Å². The van der Waals surface area contributed by atoms with E-state index < -0.39 is 0 Å². The summed E-state index contributed by atoms with van der Waals surface area (Å²) in [5.41, 5.74) is 1.75. The molecule has 1 amide bonds. The van der Waals surface area contributed by atoms with Crippen molar-refractivity contribution in [3.63, 3.8) is 0 Å². The number of carbonyl (C=O) groups excluding carboxylic acids is 1. The summed E-state index contributed by atoms with van der Waals surface area (Å²) >= 11 is 0. The number of nitrogens with one attached hydrogen (secondary N) is 1. The molecule has 0 aromatic heterocycles. The Morgan fingerprint density at radius 3 is 2.12 bits per heavy atom. The van der Waals surface area contributed by atoms with E-state index in [0.29, 0.717) is 23.8 Å². The maximum atomic E-state index is 12.2. The van der Waals surface area contributed by atoms with Crippen molar-refractivity contribution in [3.05, 3.63) is 47.5 Å². The molecule has 0 heterocycles. The summed E-state index contributed by atoms with van der Waals surface area (Å²) in [5, 5.41) is 2.89. The lowest BCUT2D eigenvalue weighted by atomic mass is 10.1. The molecular formula is C19H23NO5. The number of hydrogen-bond donors (Lipinski definition) is 1. The highest BCUT2D eigenvalue weighted by Crippen LogP contribution is 2.38. The van der Waals surface area contributed by atoms with Gasteiger partial charge in [-0.25, -0.2) is 0 Å². The third-order valence-electron chi connectivity index (χ3n) is 3.71. The van der Waals surface area contributed by atoms with Crippen LogP contribution < -0.4 is 24.3 Å². The van der Waals surface area contributed by atoms with Crippen LogP contribution >= 0.6 is 0 Å². The molecule has 0 spiro atoms. The summed E-state index contributed by atoms with van der Waals surface area (Å²) in [6, 6.07) is 11.1. The maximum Gasteiger partial charge on any atom is 0.224 e. The zero-order valence-corrected chi connectivity index (χ0v) is 14.9. The van der Waals surface area contributed by atoms with Gasteiger partial charge in [0, 0.05) is 6.54 Å². The van der Waals surface area contributed by atoms with Gasteiger partial charge in [-0.05, 0) is 35.4 Å². The van der Waals surface area contributed by atoms with Gasteiger partial charge in [0.15, 0.2) is 11.5 Å². The van der Waals surface area contributed by atoms with E-state index in [1.807, 2.05) is 36.4 Å². The average molecular weight is 345 g/mol. The lowest BCUT2D eigenvalue weighted by molar-refractivity contribution is -0.120. The van der Waals surface area contributed by atoms with E-state index in [1.54, 1.807) is 28.4 Å². The van der Waals surface area contributed by atoms with E-state index in [1.165, 1.54) is 0 Å². The van der Waals surface area contributed by atoms with Crippen molar-refractivity contribution in [2.24, 2.45) is 0 Å². The van der Waals surface area contributed by atoms with Gasteiger partial charge in [0.25, 0.3) is 0 Å². The highest BCUT2D eigenvalue weighted by atomic mass is 16.5. The van der Waals surface area contributed by atoms with Crippen molar-refractivity contribution in [1.82, 2.24) is 5.32 Å². The molecule has 0 saturated heterocycles. The third kappa shape index (κ3) is 4.79. The van der Waals surface area contributed by atoms with Crippen LogP contribution in [-0.4, -0.2) is 34.3 Å². The SMILES string of the molecule is COc1cccc(CC(=O)NCc2cc(OC)c(OC)c(OC)c2)c1. The molecule has 1 N–H and O–H groups in total. The molecule has 6 nitrogen and oxygen atoms in total. The highest BCUT2D eigenvalue weighted by Gasteiger charge is 2.13. The molecule has 0 fully saturated rings. The van der Waals surface area contributed by atoms with Gasteiger partial charge in [0.05, 0.1) is 34.9 Å². The van der Waals surface area contributed by atoms with E-state index in [4.69, 9.17) is 18.9 Å². The van der Waals surface area contributed by atoms with E-state index >= 15 is 0 Å². The van der Waals surface area contributed by atoms with Crippen molar-refractivity contribution in [3.8, 4) is 23.0 Å². The fourth-order valence-electron chi connectivity index (χ4n) is 2.47. The topological polar surface area (TPSA) is 66.0 Å². The summed E-state index contributed by atoms with van der Waals surface area (Å²) in [4.78, 5) is 12.2. The predicted molar refractivity (Wildman–Crippen MR) is 94.6 cm³/mol. The number of hydrogen-bond acceptors (Lipinski definition) is 5. The first kappa shape index (κ1) is 18.4. The summed E-state index contributed by atoms with van der Waals surface area (Å²) in [7, 11) is 6.27. The molecule has 0 unspecified atom stereocenters. The Morgan fingerprint density at radius 2 is 1.56 bits per heavy atom. The van der Waals surface area contributed by atoms with Crippen LogP contribution in [0.5, 0.6) is 23.0 Å². The van der Waals surface area contributed by atoms with Crippen molar-refractivity contribution >= 4 is 5.91 Å². The molecule has 2 aromatic carbocycles. The molecule has 0 bridgehead atoms. The van der Waals surface area contributed by atoms with Gasteiger partial charge in [-0.3, -0.25) is 4.79 Å². The Kier molecular flexibility index (Phi) is 6.51. The lowest BCUT2D eigenvalue weighted by Crippen LogP contribution is -2.24. The molecule has 0 atom stereocenters. The van der Waals surface area contributed by atoms with Crippen LogP contribution in [0.25, 0.3) is 0 Å². The van der Waals surface area contributed by atoms with E-state index in [2.05, 4.69) is 5.32 Å². The standard InChI is InChI=1S/C19H23NO5/c1-22-15-7-5-6-13(8-15)11-18(21)20-12-14-9-16(23-2)19(25-4)17(10-14)24-3/h5-10H,11-12H2,1-4H3,(H,20,21). The third-order valence-corrected chi connectivity index (χ3v) is 3.71. The van der Waals surface area contributed by atoms with E-state index in [-0.39, 0.29) is 12.3 Å². The van der Waals surface area contributed by atoms with Crippen LogP contribution in [0.15, 0.2) is 36.4 Å². The smallest absolute Gasteiger partial charge is 0.224 e. The van der Waals surface area contributed by atoms with Crippen LogP contribution in [0.2, 0.25) is 0 Å². The molecule has 134 valence electrons. The number of benzene rings is 2. The second kappa shape index (κ2) is 8.82. The van der Waals surface area contributed by atoms with Crippen molar-refractivity contribution in [2.75, 3.05) is 28.4 Å². The van der Waals surface area contributed by atoms with Gasteiger partial charge >= 0.3 is 0 Å². The zero-order valence-electron chi connectivity index (χ0n) is 14.9. The Bertz CT molecular complexity index is 704. The minimum atomic E-state index is -0.0815. The summed E-state index contributed by atoms with van der Waals surface area (Å²) in [6.45, 7) is 0.361. The van der Waals surface area contributed by atoms with Gasteiger partial charge in [-0.1, -0.05) is 12.1 Å². The first-order chi connectivity index (χ1) is 12.1. The first-order valence-electron chi connectivity index (χ1n) is 7.79. The molecule has 0 aliphatic carbocycles. The van der Waals surface area contributed by atoms with Crippen LogP contribution in [-0.2, 0) is 17.8 Å². The summed E-state index contributed by atoms with van der Waals surface area (Å²) < 4.78 is 21.1. The molecule has 0 aliphatic rings. The predicted octanol–water partition coefficient (Wildman–Crippen LogP) is 2.58. The quantitative estimate of drug-likeness (QED) is 0.797. The number of ether oxygens (including phenoxy) is 4. The van der Waals surface area contributed by atoms with Gasteiger partial charge in [0.1, 0.15) is 5.75 Å².